The highest BCUT2D eigenvalue weighted by Gasteiger charge is 2.09. The van der Waals surface area contributed by atoms with Crippen molar-refractivity contribution in [2.75, 3.05) is 13.1 Å². The summed E-state index contributed by atoms with van der Waals surface area (Å²) < 4.78 is 14.0. The lowest BCUT2D eigenvalue weighted by molar-refractivity contribution is 0.260. The van der Waals surface area contributed by atoms with Crippen molar-refractivity contribution in [2.24, 2.45) is 5.92 Å². The Hall–Kier alpha value is -0.920. The summed E-state index contributed by atoms with van der Waals surface area (Å²) in [5.74, 6) is -0.245. The molecule has 0 amide bonds. The predicted molar refractivity (Wildman–Crippen MR) is 69.8 cm³/mol. The van der Waals surface area contributed by atoms with Gasteiger partial charge < -0.3 is 0 Å². The molecule has 1 atom stereocenters. The minimum Gasteiger partial charge on any atom is -0.298 e. The first kappa shape index (κ1) is 14.1. The van der Waals surface area contributed by atoms with E-state index in [4.69, 9.17) is 5.26 Å². The minimum atomic E-state index is -0.237. The van der Waals surface area contributed by atoms with E-state index in [-0.39, 0.29) is 11.7 Å². The maximum Gasteiger partial charge on any atom is 0.124 e. The first-order chi connectivity index (χ1) is 8.05. The maximum absolute atomic E-state index is 13.2. The molecule has 0 heterocycles. The van der Waals surface area contributed by atoms with Crippen molar-refractivity contribution in [1.82, 2.24) is 4.90 Å². The van der Waals surface area contributed by atoms with E-state index in [0.29, 0.717) is 13.1 Å². The smallest absolute Gasteiger partial charge is 0.124 e. The van der Waals surface area contributed by atoms with Crippen molar-refractivity contribution < 1.29 is 4.39 Å². The Bertz CT molecular complexity index is 394. The number of benzene rings is 1. The van der Waals surface area contributed by atoms with E-state index in [1.54, 1.807) is 0 Å². The number of rotatable bonds is 5. The van der Waals surface area contributed by atoms with E-state index < -0.39 is 0 Å². The zero-order valence-corrected chi connectivity index (χ0v) is 11.7. The molecule has 0 spiro atoms. The number of halogens is 2. The fraction of sp³-hybridized carbons (Fsp3) is 0.462. The molecule has 0 fully saturated rings. The number of nitriles is 1. The molecule has 1 aromatic carbocycles. The van der Waals surface area contributed by atoms with Crippen LogP contribution in [0.3, 0.4) is 0 Å². The quantitative estimate of drug-likeness (QED) is 0.831. The second kappa shape index (κ2) is 6.73. The van der Waals surface area contributed by atoms with E-state index in [1.165, 1.54) is 12.1 Å². The van der Waals surface area contributed by atoms with Gasteiger partial charge in [-0.25, -0.2) is 4.39 Å². The lowest BCUT2D eigenvalue weighted by Gasteiger charge is -2.21. The van der Waals surface area contributed by atoms with Gasteiger partial charge in [-0.15, -0.1) is 0 Å². The molecule has 4 heteroatoms. The van der Waals surface area contributed by atoms with Gasteiger partial charge in [-0.05, 0) is 37.2 Å². The minimum absolute atomic E-state index is 0.00745. The van der Waals surface area contributed by atoms with Gasteiger partial charge in [0, 0.05) is 17.6 Å². The van der Waals surface area contributed by atoms with Crippen LogP contribution >= 0.6 is 15.9 Å². The van der Waals surface area contributed by atoms with E-state index in [1.807, 2.05) is 19.9 Å². The van der Waals surface area contributed by atoms with E-state index in [9.17, 15) is 4.39 Å². The molecular formula is C13H16BrFN2. The summed E-state index contributed by atoms with van der Waals surface area (Å²) in [6.45, 7) is 6.16. The van der Waals surface area contributed by atoms with Crippen LogP contribution in [0.1, 0.15) is 19.4 Å². The molecule has 1 rings (SSSR count). The number of nitrogens with zero attached hydrogens (tertiary/aromatic N) is 2. The summed E-state index contributed by atoms with van der Waals surface area (Å²) in [7, 11) is 0. The summed E-state index contributed by atoms with van der Waals surface area (Å²) in [5, 5.41) is 8.79. The summed E-state index contributed by atoms with van der Waals surface area (Å²) >= 11 is 3.28. The molecule has 0 aliphatic rings. The molecule has 0 aliphatic carbocycles. The van der Waals surface area contributed by atoms with Gasteiger partial charge in [0.15, 0.2) is 0 Å². The highest BCUT2D eigenvalue weighted by Crippen LogP contribution is 2.16. The van der Waals surface area contributed by atoms with Crippen LogP contribution in [-0.4, -0.2) is 18.0 Å². The number of hydrogen-bond acceptors (Lipinski definition) is 2. The van der Waals surface area contributed by atoms with Crippen molar-refractivity contribution >= 4 is 15.9 Å². The monoisotopic (exact) mass is 298 g/mol. The zero-order valence-electron chi connectivity index (χ0n) is 10.1. The molecule has 0 N–H and O–H groups in total. The zero-order chi connectivity index (χ0) is 12.8. The third kappa shape index (κ3) is 4.84. The fourth-order valence-corrected chi connectivity index (χ4v) is 2.21. The van der Waals surface area contributed by atoms with Crippen LogP contribution in [0.15, 0.2) is 22.7 Å². The van der Waals surface area contributed by atoms with Gasteiger partial charge in [-0.1, -0.05) is 22.9 Å². The predicted octanol–water partition coefficient (Wildman–Crippen LogP) is 3.57. The molecule has 0 aliphatic heterocycles. The summed E-state index contributed by atoms with van der Waals surface area (Å²) in [5.41, 5.74) is 0.920. The van der Waals surface area contributed by atoms with Crippen molar-refractivity contribution in [2.45, 2.75) is 20.4 Å². The Kier molecular flexibility index (Phi) is 5.60. The topological polar surface area (TPSA) is 27.0 Å². The SMILES string of the molecule is CCN(Cc1cc(F)cc(Br)c1)CC(C)C#N. The Morgan fingerprint density at radius 3 is 2.71 bits per heavy atom. The van der Waals surface area contributed by atoms with Crippen molar-refractivity contribution in [1.29, 1.82) is 5.26 Å². The standard InChI is InChI=1S/C13H16BrFN2/c1-3-17(8-10(2)7-16)9-11-4-12(14)6-13(15)5-11/h4-6,10H,3,8-9H2,1-2H3. The molecule has 0 aromatic heterocycles. The Balaban J connectivity index is 2.70. The average Bonchev–Trinajstić information content (AvgIpc) is 2.26. The van der Waals surface area contributed by atoms with E-state index in [0.717, 1.165) is 16.6 Å². The molecule has 0 saturated heterocycles. The molecule has 17 heavy (non-hydrogen) atoms. The second-order valence-electron chi connectivity index (χ2n) is 4.14. The van der Waals surface area contributed by atoms with E-state index >= 15 is 0 Å². The van der Waals surface area contributed by atoms with Crippen molar-refractivity contribution in [3.8, 4) is 6.07 Å². The Morgan fingerprint density at radius 2 is 2.18 bits per heavy atom. The fourth-order valence-electron chi connectivity index (χ4n) is 1.69. The summed E-state index contributed by atoms with van der Waals surface area (Å²) in [6.07, 6.45) is 0. The second-order valence-corrected chi connectivity index (χ2v) is 5.05. The van der Waals surface area contributed by atoms with Crippen LogP contribution in [0.25, 0.3) is 0 Å². The van der Waals surface area contributed by atoms with Crippen molar-refractivity contribution in [3.05, 3.63) is 34.1 Å². The van der Waals surface area contributed by atoms with Gasteiger partial charge in [0.1, 0.15) is 5.82 Å². The van der Waals surface area contributed by atoms with Crippen molar-refractivity contribution in [3.63, 3.8) is 0 Å². The summed E-state index contributed by atoms with van der Waals surface area (Å²) in [6, 6.07) is 7.09. The first-order valence-electron chi connectivity index (χ1n) is 5.62. The highest BCUT2D eigenvalue weighted by atomic mass is 79.9. The van der Waals surface area contributed by atoms with Crippen LogP contribution in [0.5, 0.6) is 0 Å². The normalized spacial score (nSPS) is 12.5. The highest BCUT2D eigenvalue weighted by molar-refractivity contribution is 9.10. The van der Waals surface area contributed by atoms with Gasteiger partial charge in [-0.3, -0.25) is 4.90 Å². The van der Waals surface area contributed by atoms with Crippen LogP contribution < -0.4 is 0 Å². The van der Waals surface area contributed by atoms with Gasteiger partial charge in [0.05, 0.1) is 12.0 Å². The Labute approximate surface area is 110 Å². The largest absolute Gasteiger partial charge is 0.298 e. The third-order valence-corrected chi connectivity index (χ3v) is 2.99. The number of hydrogen-bond donors (Lipinski definition) is 0. The third-order valence-electron chi connectivity index (χ3n) is 2.53. The average molecular weight is 299 g/mol. The molecular weight excluding hydrogens is 283 g/mol. The van der Waals surface area contributed by atoms with Crippen LogP contribution in [0, 0.1) is 23.1 Å². The molecule has 0 radical (unpaired) electrons. The van der Waals surface area contributed by atoms with Gasteiger partial charge in [0.2, 0.25) is 0 Å². The van der Waals surface area contributed by atoms with Crippen LogP contribution in [-0.2, 0) is 6.54 Å². The molecule has 1 aromatic rings. The van der Waals surface area contributed by atoms with Gasteiger partial charge in [-0.2, -0.15) is 5.26 Å². The molecule has 1 unspecified atom stereocenters. The lowest BCUT2D eigenvalue weighted by Crippen LogP contribution is -2.27. The molecule has 2 nitrogen and oxygen atoms in total. The van der Waals surface area contributed by atoms with Gasteiger partial charge >= 0.3 is 0 Å². The van der Waals surface area contributed by atoms with E-state index in [2.05, 4.69) is 26.9 Å². The van der Waals surface area contributed by atoms with Crippen LogP contribution in [0.2, 0.25) is 0 Å². The molecule has 0 saturated carbocycles. The lowest BCUT2D eigenvalue weighted by atomic mass is 10.1. The first-order valence-corrected chi connectivity index (χ1v) is 6.41. The molecule has 0 bridgehead atoms. The maximum atomic E-state index is 13.2. The summed E-state index contributed by atoms with van der Waals surface area (Å²) in [4.78, 5) is 2.13. The Morgan fingerprint density at radius 1 is 1.47 bits per heavy atom. The van der Waals surface area contributed by atoms with Gasteiger partial charge in [0.25, 0.3) is 0 Å². The molecule has 92 valence electrons. The van der Waals surface area contributed by atoms with Crippen LogP contribution in [0.4, 0.5) is 4.39 Å².